The van der Waals surface area contributed by atoms with Gasteiger partial charge >= 0.3 is 0 Å². The van der Waals surface area contributed by atoms with Crippen LogP contribution >= 0.6 is 0 Å². The zero-order chi connectivity index (χ0) is 11.9. The van der Waals surface area contributed by atoms with Gasteiger partial charge in [-0.25, -0.2) is 4.39 Å². The van der Waals surface area contributed by atoms with E-state index in [1.54, 1.807) is 18.2 Å². The van der Waals surface area contributed by atoms with Gasteiger partial charge in [-0.1, -0.05) is 12.1 Å². The molecule has 1 N–H and O–H groups in total. The summed E-state index contributed by atoms with van der Waals surface area (Å²) in [5.41, 5.74) is 0.235. The second kappa shape index (κ2) is 3.63. The first-order chi connectivity index (χ1) is 8.19. The van der Waals surface area contributed by atoms with E-state index in [0.717, 1.165) is 13.1 Å². The van der Waals surface area contributed by atoms with Gasteiger partial charge in [0.15, 0.2) is 0 Å². The fourth-order valence-electron chi connectivity index (χ4n) is 1.86. The van der Waals surface area contributed by atoms with Crippen molar-refractivity contribution in [3.63, 3.8) is 0 Å². The van der Waals surface area contributed by atoms with Crippen LogP contribution in [0, 0.1) is 5.82 Å². The van der Waals surface area contributed by atoms with Crippen LogP contribution in [0.2, 0.25) is 0 Å². The molecule has 1 fully saturated rings. The molecule has 1 aromatic carbocycles. The number of hydrogen-bond acceptors (Lipinski definition) is 4. The molecule has 88 valence electrons. The first-order valence-corrected chi connectivity index (χ1v) is 5.49. The van der Waals surface area contributed by atoms with E-state index in [0.29, 0.717) is 11.5 Å². The van der Waals surface area contributed by atoms with Gasteiger partial charge in [-0.3, -0.25) is 0 Å². The summed E-state index contributed by atoms with van der Waals surface area (Å²) < 4.78 is 19.1. The summed E-state index contributed by atoms with van der Waals surface area (Å²) in [5.74, 6) is 0.459. The number of hydrogen-bond donors (Lipinski definition) is 1. The number of halogens is 1. The quantitative estimate of drug-likeness (QED) is 0.858. The van der Waals surface area contributed by atoms with Crippen molar-refractivity contribution in [3.8, 4) is 11.5 Å². The smallest absolute Gasteiger partial charge is 0.250 e. The highest BCUT2D eigenvalue weighted by Gasteiger charge is 2.39. The third-order valence-electron chi connectivity index (χ3n) is 3.08. The summed E-state index contributed by atoms with van der Waals surface area (Å²) in [6.07, 6.45) is 0. The fourth-order valence-corrected chi connectivity index (χ4v) is 1.86. The number of nitrogens with zero attached hydrogens (tertiary/aromatic N) is 2. The molecule has 0 atom stereocenters. The van der Waals surface area contributed by atoms with E-state index in [-0.39, 0.29) is 17.1 Å². The average Bonchev–Trinajstić information content (AvgIpc) is 2.76. The van der Waals surface area contributed by atoms with Crippen molar-refractivity contribution in [2.75, 3.05) is 13.1 Å². The van der Waals surface area contributed by atoms with Crippen LogP contribution in [-0.4, -0.2) is 23.3 Å². The topological polar surface area (TPSA) is 51.0 Å². The molecular formula is C12H12FN3O. The standard InChI is InChI=1S/C12H12FN3O/c1-12(6-14-7-12)11-16-15-10(17-11)8-4-2-3-5-9(8)13/h2-5,14H,6-7H2,1H3. The van der Waals surface area contributed by atoms with Crippen molar-refractivity contribution in [3.05, 3.63) is 36.0 Å². The molecule has 0 radical (unpaired) electrons. The predicted octanol–water partition coefficient (Wildman–Crippen LogP) is 1.74. The molecule has 1 aromatic heterocycles. The highest BCUT2D eigenvalue weighted by molar-refractivity contribution is 5.53. The summed E-state index contributed by atoms with van der Waals surface area (Å²) in [6.45, 7) is 3.67. The lowest BCUT2D eigenvalue weighted by molar-refractivity contribution is 0.244. The van der Waals surface area contributed by atoms with E-state index < -0.39 is 0 Å². The van der Waals surface area contributed by atoms with Gasteiger partial charge in [-0.2, -0.15) is 0 Å². The molecule has 5 heteroatoms. The third kappa shape index (κ3) is 1.63. The lowest BCUT2D eigenvalue weighted by atomic mass is 9.84. The van der Waals surface area contributed by atoms with Crippen molar-refractivity contribution in [1.29, 1.82) is 0 Å². The molecule has 2 aromatic rings. The monoisotopic (exact) mass is 233 g/mol. The second-order valence-electron chi connectivity index (χ2n) is 4.56. The Balaban J connectivity index is 1.98. The summed E-state index contributed by atoms with van der Waals surface area (Å²) >= 11 is 0. The molecule has 4 nitrogen and oxygen atoms in total. The molecule has 1 aliphatic heterocycles. The van der Waals surface area contributed by atoms with Crippen LogP contribution in [0.4, 0.5) is 4.39 Å². The van der Waals surface area contributed by atoms with Crippen molar-refractivity contribution in [2.24, 2.45) is 0 Å². The number of nitrogens with one attached hydrogen (secondary N) is 1. The minimum absolute atomic E-state index is 0.115. The maximum Gasteiger partial charge on any atom is 0.250 e. The van der Waals surface area contributed by atoms with Gasteiger partial charge in [0.1, 0.15) is 5.82 Å². The lowest BCUT2D eigenvalue weighted by Crippen LogP contribution is -2.54. The Morgan fingerprint density at radius 2 is 2.06 bits per heavy atom. The van der Waals surface area contributed by atoms with Gasteiger partial charge in [-0.15, -0.1) is 10.2 Å². The Labute approximate surface area is 97.9 Å². The largest absolute Gasteiger partial charge is 0.420 e. The van der Waals surface area contributed by atoms with E-state index in [1.165, 1.54) is 6.07 Å². The molecule has 0 unspecified atom stereocenters. The van der Waals surface area contributed by atoms with Gasteiger partial charge < -0.3 is 9.73 Å². The fraction of sp³-hybridized carbons (Fsp3) is 0.333. The lowest BCUT2D eigenvalue weighted by Gasteiger charge is -2.35. The molecule has 0 aliphatic carbocycles. The summed E-state index contributed by atoms with van der Waals surface area (Å²) in [6, 6.07) is 6.39. The Morgan fingerprint density at radius 3 is 2.71 bits per heavy atom. The van der Waals surface area contributed by atoms with Crippen molar-refractivity contribution < 1.29 is 8.81 Å². The number of benzene rings is 1. The van der Waals surface area contributed by atoms with E-state index >= 15 is 0 Å². The van der Waals surface area contributed by atoms with Crippen molar-refractivity contribution >= 4 is 0 Å². The van der Waals surface area contributed by atoms with Gasteiger partial charge in [0, 0.05) is 13.1 Å². The van der Waals surface area contributed by atoms with Gasteiger partial charge in [0.25, 0.3) is 5.89 Å². The molecule has 1 aliphatic rings. The Morgan fingerprint density at radius 1 is 1.29 bits per heavy atom. The second-order valence-corrected chi connectivity index (χ2v) is 4.56. The minimum atomic E-state index is -0.348. The maximum absolute atomic E-state index is 13.5. The van der Waals surface area contributed by atoms with E-state index in [9.17, 15) is 4.39 Å². The summed E-state index contributed by atoms with van der Waals surface area (Å²) in [5, 5.41) is 11.1. The van der Waals surface area contributed by atoms with Crippen LogP contribution in [0.15, 0.2) is 28.7 Å². The molecule has 0 amide bonds. The molecule has 3 rings (SSSR count). The molecule has 0 saturated carbocycles. The molecular weight excluding hydrogens is 221 g/mol. The SMILES string of the molecule is CC1(c2nnc(-c3ccccc3F)o2)CNC1. The van der Waals surface area contributed by atoms with Crippen LogP contribution in [0.1, 0.15) is 12.8 Å². The van der Waals surface area contributed by atoms with Crippen LogP contribution < -0.4 is 5.32 Å². The Kier molecular flexibility index (Phi) is 2.22. The van der Waals surface area contributed by atoms with E-state index in [1.807, 2.05) is 6.92 Å². The molecule has 2 heterocycles. The van der Waals surface area contributed by atoms with Crippen LogP contribution in [-0.2, 0) is 5.41 Å². The van der Waals surface area contributed by atoms with Gasteiger partial charge in [0.05, 0.1) is 11.0 Å². The number of rotatable bonds is 2. The van der Waals surface area contributed by atoms with Crippen LogP contribution in [0.3, 0.4) is 0 Å². The average molecular weight is 233 g/mol. The van der Waals surface area contributed by atoms with Gasteiger partial charge in [-0.05, 0) is 19.1 Å². The molecule has 1 saturated heterocycles. The summed E-state index contributed by atoms with van der Waals surface area (Å²) in [4.78, 5) is 0. The van der Waals surface area contributed by atoms with Crippen LogP contribution in [0.5, 0.6) is 0 Å². The first-order valence-electron chi connectivity index (χ1n) is 5.49. The molecule has 0 bridgehead atoms. The normalized spacial score (nSPS) is 17.8. The van der Waals surface area contributed by atoms with E-state index in [4.69, 9.17) is 4.42 Å². The predicted molar refractivity (Wildman–Crippen MR) is 59.9 cm³/mol. The Bertz CT molecular complexity index is 548. The van der Waals surface area contributed by atoms with E-state index in [2.05, 4.69) is 15.5 Å². The zero-order valence-corrected chi connectivity index (χ0v) is 9.40. The highest BCUT2D eigenvalue weighted by Crippen LogP contribution is 2.29. The van der Waals surface area contributed by atoms with Gasteiger partial charge in [0.2, 0.25) is 5.89 Å². The molecule has 0 spiro atoms. The van der Waals surface area contributed by atoms with Crippen molar-refractivity contribution in [1.82, 2.24) is 15.5 Å². The zero-order valence-electron chi connectivity index (χ0n) is 9.40. The molecule has 17 heavy (non-hydrogen) atoms. The summed E-state index contributed by atoms with van der Waals surface area (Å²) in [7, 11) is 0. The minimum Gasteiger partial charge on any atom is -0.420 e. The maximum atomic E-state index is 13.5. The Hall–Kier alpha value is -1.75. The van der Waals surface area contributed by atoms with Crippen molar-refractivity contribution in [2.45, 2.75) is 12.3 Å². The third-order valence-corrected chi connectivity index (χ3v) is 3.08. The number of aromatic nitrogens is 2. The van der Waals surface area contributed by atoms with Crippen LogP contribution in [0.25, 0.3) is 11.5 Å². The first kappa shape index (κ1) is 10.4. The highest BCUT2D eigenvalue weighted by atomic mass is 19.1.